The van der Waals surface area contributed by atoms with E-state index in [1.54, 1.807) is 13.2 Å². The van der Waals surface area contributed by atoms with Crippen molar-refractivity contribution in [2.24, 2.45) is 5.16 Å². The number of hydrogen-bond acceptors (Lipinski definition) is 5. The van der Waals surface area contributed by atoms with Crippen LogP contribution in [0.2, 0.25) is 0 Å². The number of oxime groups is 1. The summed E-state index contributed by atoms with van der Waals surface area (Å²) in [6, 6.07) is 15.0. The van der Waals surface area contributed by atoms with Gasteiger partial charge in [0.15, 0.2) is 11.5 Å². The molecule has 0 saturated heterocycles. The Labute approximate surface area is 152 Å². The number of rotatable bonds is 7. The van der Waals surface area contributed by atoms with Gasteiger partial charge in [0.2, 0.25) is 0 Å². The number of carbonyl (C=O) groups excluding carboxylic acids is 1. The molecule has 0 bridgehead atoms. The summed E-state index contributed by atoms with van der Waals surface area (Å²) in [5.41, 5.74) is 2.58. The standard InChI is InChI=1S/C21H21NO4/c1-3-4-12-25-18-11-10-15(14-19(18)24-2)13-17-20(22-26-21(17)23)16-8-6-5-7-9-16/h5-11,13-14H,3-4,12H2,1-2H3/b17-13+. The van der Waals surface area contributed by atoms with Crippen molar-refractivity contribution in [1.82, 2.24) is 0 Å². The summed E-state index contributed by atoms with van der Waals surface area (Å²) >= 11 is 0. The van der Waals surface area contributed by atoms with Crippen LogP contribution in [0, 0.1) is 0 Å². The first kappa shape index (κ1) is 17.7. The Bertz CT molecular complexity index is 840. The maximum Gasteiger partial charge on any atom is 0.368 e. The molecule has 2 aromatic rings. The van der Waals surface area contributed by atoms with Crippen LogP contribution in [0.25, 0.3) is 6.08 Å². The molecule has 134 valence electrons. The van der Waals surface area contributed by atoms with Crippen LogP contribution in [0.3, 0.4) is 0 Å². The smallest absolute Gasteiger partial charge is 0.368 e. The van der Waals surface area contributed by atoms with Gasteiger partial charge in [-0.1, -0.05) is 54.9 Å². The summed E-state index contributed by atoms with van der Waals surface area (Å²) in [5.74, 6) is 0.847. The van der Waals surface area contributed by atoms with E-state index in [1.165, 1.54) is 0 Å². The van der Waals surface area contributed by atoms with Gasteiger partial charge < -0.3 is 14.3 Å². The molecular weight excluding hydrogens is 330 g/mol. The minimum absolute atomic E-state index is 0.415. The lowest BCUT2D eigenvalue weighted by molar-refractivity contribution is -0.136. The first-order valence-electron chi connectivity index (χ1n) is 8.60. The summed E-state index contributed by atoms with van der Waals surface area (Å²) in [4.78, 5) is 17.0. The van der Waals surface area contributed by atoms with Crippen LogP contribution in [0.5, 0.6) is 11.5 Å². The molecule has 0 aromatic heterocycles. The second-order valence-electron chi connectivity index (χ2n) is 5.85. The molecule has 0 atom stereocenters. The van der Waals surface area contributed by atoms with Gasteiger partial charge in [0.25, 0.3) is 0 Å². The highest BCUT2D eigenvalue weighted by atomic mass is 16.7. The van der Waals surface area contributed by atoms with E-state index in [0.717, 1.165) is 24.0 Å². The Balaban J connectivity index is 1.88. The molecule has 5 heteroatoms. The fourth-order valence-electron chi connectivity index (χ4n) is 2.60. The summed E-state index contributed by atoms with van der Waals surface area (Å²) in [6.45, 7) is 2.76. The molecule has 1 aliphatic heterocycles. The Morgan fingerprint density at radius 2 is 1.92 bits per heavy atom. The minimum atomic E-state index is -0.467. The van der Waals surface area contributed by atoms with Crippen molar-refractivity contribution in [3.8, 4) is 11.5 Å². The number of unbranched alkanes of at least 4 members (excludes halogenated alkanes) is 1. The van der Waals surface area contributed by atoms with E-state index in [2.05, 4.69) is 12.1 Å². The van der Waals surface area contributed by atoms with E-state index < -0.39 is 5.97 Å². The van der Waals surface area contributed by atoms with Crippen molar-refractivity contribution >= 4 is 17.8 Å². The third-order valence-electron chi connectivity index (χ3n) is 4.00. The van der Waals surface area contributed by atoms with Gasteiger partial charge in [-0.25, -0.2) is 4.79 Å². The molecule has 0 saturated carbocycles. The average molecular weight is 351 g/mol. The molecule has 0 aliphatic carbocycles. The molecular formula is C21H21NO4. The van der Waals surface area contributed by atoms with Gasteiger partial charge in [0, 0.05) is 5.56 Å². The number of benzene rings is 2. The van der Waals surface area contributed by atoms with Crippen LogP contribution >= 0.6 is 0 Å². The first-order valence-corrected chi connectivity index (χ1v) is 8.60. The van der Waals surface area contributed by atoms with E-state index >= 15 is 0 Å². The third kappa shape index (κ3) is 3.94. The van der Waals surface area contributed by atoms with Crippen molar-refractivity contribution in [3.05, 3.63) is 65.2 Å². The normalized spacial score (nSPS) is 14.9. The van der Waals surface area contributed by atoms with Crippen LogP contribution in [-0.4, -0.2) is 25.4 Å². The Kier molecular flexibility index (Phi) is 5.69. The van der Waals surface area contributed by atoms with Gasteiger partial charge in [-0.3, -0.25) is 0 Å². The number of nitrogens with zero attached hydrogens (tertiary/aromatic N) is 1. The van der Waals surface area contributed by atoms with Crippen LogP contribution in [-0.2, 0) is 9.63 Å². The first-order chi connectivity index (χ1) is 12.7. The van der Waals surface area contributed by atoms with Crippen molar-refractivity contribution in [2.45, 2.75) is 19.8 Å². The van der Waals surface area contributed by atoms with Crippen LogP contribution in [0.1, 0.15) is 30.9 Å². The fraction of sp³-hybridized carbons (Fsp3) is 0.238. The van der Waals surface area contributed by atoms with Gasteiger partial charge >= 0.3 is 5.97 Å². The Morgan fingerprint density at radius 3 is 2.65 bits per heavy atom. The lowest BCUT2D eigenvalue weighted by Crippen LogP contribution is -2.06. The SMILES string of the molecule is CCCCOc1ccc(/C=C2/C(=O)ON=C2c2ccccc2)cc1OC. The molecule has 1 aliphatic rings. The summed E-state index contributed by atoms with van der Waals surface area (Å²) < 4.78 is 11.2. The number of hydrogen-bond donors (Lipinski definition) is 0. The van der Waals surface area contributed by atoms with E-state index in [1.807, 2.05) is 48.5 Å². The number of carbonyl (C=O) groups is 1. The molecule has 0 amide bonds. The predicted molar refractivity (Wildman–Crippen MR) is 100 cm³/mol. The van der Waals surface area contributed by atoms with E-state index in [4.69, 9.17) is 14.3 Å². The van der Waals surface area contributed by atoms with Crippen LogP contribution in [0.15, 0.2) is 59.3 Å². The van der Waals surface area contributed by atoms with Crippen molar-refractivity contribution in [3.63, 3.8) is 0 Å². The van der Waals surface area contributed by atoms with Crippen molar-refractivity contribution in [2.75, 3.05) is 13.7 Å². The molecule has 0 radical (unpaired) electrons. The van der Waals surface area contributed by atoms with Gasteiger partial charge in [-0.2, -0.15) is 0 Å². The molecule has 3 rings (SSSR count). The van der Waals surface area contributed by atoms with E-state index in [-0.39, 0.29) is 0 Å². The van der Waals surface area contributed by atoms with Crippen molar-refractivity contribution < 1.29 is 19.1 Å². The van der Waals surface area contributed by atoms with Crippen LogP contribution in [0.4, 0.5) is 0 Å². The summed E-state index contributed by atoms with van der Waals surface area (Å²) in [7, 11) is 1.60. The van der Waals surface area contributed by atoms with Gasteiger partial charge in [-0.05, 0) is 30.2 Å². The lowest BCUT2D eigenvalue weighted by atomic mass is 10.0. The monoisotopic (exact) mass is 351 g/mol. The molecule has 0 unspecified atom stereocenters. The minimum Gasteiger partial charge on any atom is -0.493 e. The zero-order valence-electron chi connectivity index (χ0n) is 14.9. The average Bonchev–Trinajstić information content (AvgIpc) is 3.04. The maximum absolute atomic E-state index is 12.1. The molecule has 0 fully saturated rings. The maximum atomic E-state index is 12.1. The fourth-order valence-corrected chi connectivity index (χ4v) is 2.60. The van der Waals surface area contributed by atoms with Gasteiger partial charge in [0.05, 0.1) is 19.3 Å². The van der Waals surface area contributed by atoms with Crippen molar-refractivity contribution in [1.29, 1.82) is 0 Å². The summed E-state index contributed by atoms with van der Waals surface area (Å²) in [5, 5.41) is 3.92. The largest absolute Gasteiger partial charge is 0.493 e. The Morgan fingerprint density at radius 1 is 1.12 bits per heavy atom. The van der Waals surface area contributed by atoms with E-state index in [9.17, 15) is 4.79 Å². The molecule has 0 N–H and O–H groups in total. The molecule has 0 spiro atoms. The highest BCUT2D eigenvalue weighted by molar-refractivity contribution is 6.31. The Hall–Kier alpha value is -3.08. The lowest BCUT2D eigenvalue weighted by Gasteiger charge is -2.11. The molecule has 2 aromatic carbocycles. The molecule has 1 heterocycles. The summed E-state index contributed by atoms with van der Waals surface area (Å²) in [6.07, 6.45) is 3.80. The van der Waals surface area contributed by atoms with Gasteiger partial charge in [-0.15, -0.1) is 0 Å². The number of methoxy groups -OCH3 is 1. The quantitative estimate of drug-likeness (QED) is 0.426. The molecule has 5 nitrogen and oxygen atoms in total. The highest BCUT2D eigenvalue weighted by Gasteiger charge is 2.26. The third-order valence-corrected chi connectivity index (χ3v) is 4.00. The van der Waals surface area contributed by atoms with Crippen LogP contribution < -0.4 is 9.47 Å². The second-order valence-corrected chi connectivity index (χ2v) is 5.85. The number of ether oxygens (including phenoxy) is 2. The zero-order chi connectivity index (χ0) is 18.4. The predicted octanol–water partition coefficient (Wildman–Crippen LogP) is 4.22. The topological polar surface area (TPSA) is 57.1 Å². The van der Waals surface area contributed by atoms with E-state index in [0.29, 0.717) is 29.4 Å². The second kappa shape index (κ2) is 8.34. The zero-order valence-corrected chi connectivity index (χ0v) is 14.9. The molecule has 26 heavy (non-hydrogen) atoms. The highest BCUT2D eigenvalue weighted by Crippen LogP contribution is 2.30. The van der Waals surface area contributed by atoms with Gasteiger partial charge in [0.1, 0.15) is 5.71 Å².